The van der Waals surface area contributed by atoms with Gasteiger partial charge in [0.2, 0.25) is 0 Å². The first-order chi connectivity index (χ1) is 8.29. The van der Waals surface area contributed by atoms with E-state index in [9.17, 15) is 13.2 Å². The average Bonchev–Trinajstić information content (AvgIpc) is 2.25. The fourth-order valence-electron chi connectivity index (χ4n) is 1.23. The van der Waals surface area contributed by atoms with Crippen molar-refractivity contribution in [1.29, 1.82) is 0 Å². The van der Waals surface area contributed by atoms with Gasteiger partial charge in [0.25, 0.3) is 0 Å². The summed E-state index contributed by atoms with van der Waals surface area (Å²) in [4.78, 5) is 7.39. The van der Waals surface area contributed by atoms with Crippen molar-refractivity contribution in [3.63, 3.8) is 0 Å². The number of guanidine groups is 1. The summed E-state index contributed by atoms with van der Waals surface area (Å²) in [5, 5.41) is 2.84. The van der Waals surface area contributed by atoms with E-state index in [4.69, 9.17) is 5.73 Å². The van der Waals surface area contributed by atoms with E-state index < -0.39 is 11.9 Å². The molecule has 0 atom stereocenters. The highest BCUT2D eigenvalue weighted by Gasteiger charge is 2.32. The summed E-state index contributed by atoms with van der Waals surface area (Å²) in [6.45, 7) is 3.77. The number of halogens is 3. The third-order valence-electron chi connectivity index (χ3n) is 1.95. The second-order valence-electron chi connectivity index (χ2n) is 4.01. The second kappa shape index (κ2) is 5.70. The topological polar surface area (TPSA) is 63.3 Å². The first-order valence-electron chi connectivity index (χ1n) is 5.38. The van der Waals surface area contributed by atoms with Gasteiger partial charge in [-0.2, -0.15) is 13.2 Å². The highest BCUT2D eigenvalue weighted by Crippen LogP contribution is 2.27. The average molecular weight is 260 g/mol. The van der Waals surface area contributed by atoms with Crippen molar-refractivity contribution in [2.24, 2.45) is 10.7 Å². The zero-order valence-electron chi connectivity index (χ0n) is 10.1. The highest BCUT2D eigenvalue weighted by molar-refractivity contribution is 5.77. The molecule has 0 spiro atoms. The van der Waals surface area contributed by atoms with Crippen molar-refractivity contribution in [2.75, 3.05) is 0 Å². The molecule has 0 saturated carbocycles. The van der Waals surface area contributed by atoms with Gasteiger partial charge in [-0.3, -0.25) is 0 Å². The number of nitrogens with two attached hydrogens (primary N) is 1. The summed E-state index contributed by atoms with van der Waals surface area (Å²) in [5.41, 5.74) is 4.83. The van der Waals surface area contributed by atoms with Crippen LogP contribution in [-0.2, 0) is 12.7 Å². The van der Waals surface area contributed by atoms with E-state index in [0.29, 0.717) is 0 Å². The zero-order chi connectivity index (χ0) is 13.8. The fraction of sp³-hybridized carbons (Fsp3) is 0.455. The lowest BCUT2D eigenvalue weighted by Crippen LogP contribution is -2.36. The molecule has 7 heteroatoms. The van der Waals surface area contributed by atoms with Crippen molar-refractivity contribution in [3.05, 3.63) is 29.6 Å². The first-order valence-corrected chi connectivity index (χ1v) is 5.38. The van der Waals surface area contributed by atoms with E-state index in [0.717, 1.165) is 6.07 Å². The van der Waals surface area contributed by atoms with E-state index in [1.54, 1.807) is 0 Å². The SMILES string of the molecule is CC(C)NC(N)=NCc1cccc(C(F)(F)F)n1. The summed E-state index contributed by atoms with van der Waals surface area (Å²) in [6.07, 6.45) is -4.44. The molecule has 0 aliphatic rings. The van der Waals surface area contributed by atoms with E-state index in [1.807, 2.05) is 13.8 Å². The number of pyridine rings is 1. The number of hydrogen-bond donors (Lipinski definition) is 2. The fourth-order valence-corrected chi connectivity index (χ4v) is 1.23. The molecule has 0 amide bonds. The van der Waals surface area contributed by atoms with Crippen LogP contribution in [0.25, 0.3) is 0 Å². The molecular weight excluding hydrogens is 245 g/mol. The predicted octanol–water partition coefficient (Wildman–Crippen LogP) is 1.91. The lowest BCUT2D eigenvalue weighted by atomic mass is 10.3. The number of alkyl halides is 3. The van der Waals surface area contributed by atoms with Crippen molar-refractivity contribution in [1.82, 2.24) is 10.3 Å². The molecular formula is C11H15F3N4. The van der Waals surface area contributed by atoms with Gasteiger partial charge in [0.1, 0.15) is 5.69 Å². The molecule has 3 N–H and O–H groups in total. The van der Waals surface area contributed by atoms with Crippen LogP contribution in [0.4, 0.5) is 13.2 Å². The molecule has 1 aromatic heterocycles. The standard InChI is InChI=1S/C11H15F3N4/c1-7(2)17-10(15)16-6-8-4-3-5-9(18-8)11(12,13)14/h3-5,7H,6H2,1-2H3,(H3,15,16,17). The minimum atomic E-state index is -4.44. The third kappa shape index (κ3) is 4.60. The Morgan fingerprint density at radius 1 is 1.44 bits per heavy atom. The van der Waals surface area contributed by atoms with Crippen LogP contribution in [0, 0.1) is 0 Å². The van der Waals surface area contributed by atoms with Gasteiger partial charge in [0.15, 0.2) is 5.96 Å². The Morgan fingerprint density at radius 3 is 2.67 bits per heavy atom. The van der Waals surface area contributed by atoms with E-state index >= 15 is 0 Å². The number of aromatic nitrogens is 1. The smallest absolute Gasteiger partial charge is 0.370 e. The molecule has 0 unspecified atom stereocenters. The molecule has 0 bridgehead atoms. The maximum Gasteiger partial charge on any atom is 0.433 e. The van der Waals surface area contributed by atoms with Crippen LogP contribution in [-0.4, -0.2) is 17.0 Å². The molecule has 0 aromatic carbocycles. The molecule has 1 rings (SSSR count). The maximum atomic E-state index is 12.4. The number of aliphatic imine (C=N–C) groups is 1. The molecule has 100 valence electrons. The van der Waals surface area contributed by atoms with Gasteiger partial charge in [-0.15, -0.1) is 0 Å². The molecule has 0 aliphatic heterocycles. The summed E-state index contributed by atoms with van der Waals surface area (Å²) in [5.74, 6) is 0.184. The Balaban J connectivity index is 2.74. The van der Waals surface area contributed by atoms with Crippen LogP contribution in [0.5, 0.6) is 0 Å². The number of hydrogen-bond acceptors (Lipinski definition) is 2. The van der Waals surface area contributed by atoms with Gasteiger partial charge in [0.05, 0.1) is 12.2 Å². The Bertz CT molecular complexity index is 427. The van der Waals surface area contributed by atoms with Crippen LogP contribution in [0.1, 0.15) is 25.2 Å². The lowest BCUT2D eigenvalue weighted by Gasteiger charge is -2.09. The van der Waals surface area contributed by atoms with E-state index in [-0.39, 0.29) is 24.2 Å². The maximum absolute atomic E-state index is 12.4. The van der Waals surface area contributed by atoms with Crippen LogP contribution < -0.4 is 11.1 Å². The number of rotatable bonds is 3. The second-order valence-corrected chi connectivity index (χ2v) is 4.01. The largest absolute Gasteiger partial charge is 0.433 e. The molecule has 0 saturated heterocycles. The van der Waals surface area contributed by atoms with Gasteiger partial charge in [-0.05, 0) is 26.0 Å². The summed E-state index contributed by atoms with van der Waals surface area (Å²) in [7, 11) is 0. The van der Waals surface area contributed by atoms with Crippen LogP contribution >= 0.6 is 0 Å². The van der Waals surface area contributed by atoms with Gasteiger partial charge in [-0.25, -0.2) is 9.98 Å². The van der Waals surface area contributed by atoms with Crippen molar-refractivity contribution >= 4 is 5.96 Å². The predicted molar refractivity (Wildman–Crippen MR) is 62.8 cm³/mol. The molecule has 0 fully saturated rings. The van der Waals surface area contributed by atoms with Crippen LogP contribution in [0.3, 0.4) is 0 Å². The van der Waals surface area contributed by atoms with Gasteiger partial charge < -0.3 is 11.1 Å². The Morgan fingerprint density at radius 2 is 2.11 bits per heavy atom. The normalized spacial score (nSPS) is 12.9. The molecule has 0 radical (unpaired) electrons. The van der Waals surface area contributed by atoms with Crippen molar-refractivity contribution in [2.45, 2.75) is 32.6 Å². The van der Waals surface area contributed by atoms with Crippen molar-refractivity contribution in [3.8, 4) is 0 Å². The highest BCUT2D eigenvalue weighted by atomic mass is 19.4. The third-order valence-corrected chi connectivity index (χ3v) is 1.95. The van der Waals surface area contributed by atoms with E-state index in [1.165, 1.54) is 12.1 Å². The zero-order valence-corrected chi connectivity index (χ0v) is 10.1. The Kier molecular flexibility index (Phi) is 4.52. The van der Waals surface area contributed by atoms with Gasteiger partial charge >= 0.3 is 6.18 Å². The monoisotopic (exact) mass is 260 g/mol. The summed E-state index contributed by atoms with van der Waals surface area (Å²) < 4.78 is 37.2. The minimum absolute atomic E-state index is 0.00940. The molecule has 18 heavy (non-hydrogen) atoms. The lowest BCUT2D eigenvalue weighted by molar-refractivity contribution is -0.141. The molecule has 1 aromatic rings. The first kappa shape index (κ1) is 14.3. The Hall–Kier alpha value is -1.79. The summed E-state index contributed by atoms with van der Waals surface area (Å²) >= 11 is 0. The Labute approximate surface area is 103 Å². The van der Waals surface area contributed by atoms with Crippen molar-refractivity contribution < 1.29 is 13.2 Å². The van der Waals surface area contributed by atoms with Gasteiger partial charge in [0, 0.05) is 6.04 Å². The van der Waals surface area contributed by atoms with Gasteiger partial charge in [-0.1, -0.05) is 6.07 Å². The molecule has 0 aliphatic carbocycles. The van der Waals surface area contributed by atoms with Crippen LogP contribution in [0.15, 0.2) is 23.2 Å². The number of nitrogens with zero attached hydrogens (tertiary/aromatic N) is 2. The quantitative estimate of drug-likeness (QED) is 0.644. The van der Waals surface area contributed by atoms with Crippen LogP contribution in [0.2, 0.25) is 0 Å². The minimum Gasteiger partial charge on any atom is -0.370 e. The molecule has 4 nitrogen and oxygen atoms in total. The summed E-state index contributed by atoms with van der Waals surface area (Å²) in [6, 6.07) is 3.81. The number of nitrogens with one attached hydrogen (secondary N) is 1. The molecule has 1 heterocycles. The van der Waals surface area contributed by atoms with E-state index in [2.05, 4.69) is 15.3 Å².